The largest absolute Gasteiger partial charge is 0.397 e. The molecule has 0 aliphatic carbocycles. The third-order valence-electron chi connectivity index (χ3n) is 2.55. The van der Waals surface area contributed by atoms with Crippen molar-refractivity contribution in [1.29, 1.82) is 0 Å². The van der Waals surface area contributed by atoms with E-state index in [1.54, 1.807) is 4.90 Å². The molecule has 1 heterocycles. The Labute approximate surface area is 97.4 Å². The molecule has 0 saturated carbocycles. The standard InChI is InChI=1S/C11H13BrN2O/c1-7-2-3-9(13)10(4-7)14-6-8(12)5-11(14)15/h2-4,8H,5-6,13H2,1H3. The number of amides is 1. The van der Waals surface area contributed by atoms with Crippen molar-refractivity contribution in [3.63, 3.8) is 0 Å². The van der Waals surface area contributed by atoms with Crippen molar-refractivity contribution in [2.45, 2.75) is 18.2 Å². The number of aryl methyl sites for hydroxylation is 1. The van der Waals surface area contributed by atoms with Crippen LogP contribution in [0, 0.1) is 6.92 Å². The first kappa shape index (κ1) is 10.5. The molecular weight excluding hydrogens is 256 g/mol. The fraction of sp³-hybridized carbons (Fsp3) is 0.364. The highest BCUT2D eigenvalue weighted by Crippen LogP contribution is 2.30. The lowest BCUT2D eigenvalue weighted by molar-refractivity contribution is -0.117. The topological polar surface area (TPSA) is 46.3 Å². The molecule has 2 N–H and O–H groups in total. The zero-order valence-corrected chi connectivity index (χ0v) is 10.1. The van der Waals surface area contributed by atoms with Gasteiger partial charge in [-0.05, 0) is 24.6 Å². The number of benzene rings is 1. The van der Waals surface area contributed by atoms with Crippen molar-refractivity contribution in [3.05, 3.63) is 23.8 Å². The third-order valence-corrected chi connectivity index (χ3v) is 3.17. The Morgan fingerprint density at radius 3 is 2.87 bits per heavy atom. The number of anilines is 2. The summed E-state index contributed by atoms with van der Waals surface area (Å²) >= 11 is 3.46. The number of alkyl halides is 1. The molecule has 4 heteroatoms. The fourth-order valence-corrected chi connectivity index (χ4v) is 2.35. The fourth-order valence-electron chi connectivity index (χ4n) is 1.78. The molecule has 1 unspecified atom stereocenters. The molecule has 0 radical (unpaired) electrons. The van der Waals surface area contributed by atoms with Crippen LogP contribution in [0.4, 0.5) is 11.4 Å². The summed E-state index contributed by atoms with van der Waals surface area (Å²) in [4.78, 5) is 13.7. The van der Waals surface area contributed by atoms with Gasteiger partial charge in [0.1, 0.15) is 0 Å². The number of nitrogen functional groups attached to an aromatic ring is 1. The first-order valence-corrected chi connectivity index (χ1v) is 5.80. The Balaban J connectivity index is 2.37. The SMILES string of the molecule is Cc1ccc(N)c(N2CC(Br)CC2=O)c1. The maximum absolute atomic E-state index is 11.7. The second kappa shape index (κ2) is 3.85. The van der Waals surface area contributed by atoms with Gasteiger partial charge in [-0.2, -0.15) is 0 Å². The van der Waals surface area contributed by atoms with Crippen LogP contribution in [0.15, 0.2) is 18.2 Å². The van der Waals surface area contributed by atoms with E-state index in [1.165, 1.54) is 0 Å². The molecule has 1 atom stereocenters. The zero-order chi connectivity index (χ0) is 11.0. The zero-order valence-electron chi connectivity index (χ0n) is 8.53. The Hall–Kier alpha value is -1.03. The van der Waals surface area contributed by atoms with Crippen molar-refractivity contribution in [3.8, 4) is 0 Å². The highest BCUT2D eigenvalue weighted by Gasteiger charge is 2.29. The maximum Gasteiger partial charge on any atom is 0.228 e. The van der Waals surface area contributed by atoms with E-state index in [-0.39, 0.29) is 10.7 Å². The lowest BCUT2D eigenvalue weighted by Crippen LogP contribution is -2.25. The van der Waals surface area contributed by atoms with Gasteiger partial charge in [0.05, 0.1) is 11.4 Å². The predicted octanol–water partition coefficient (Wildman–Crippen LogP) is 2.08. The minimum Gasteiger partial charge on any atom is -0.397 e. The van der Waals surface area contributed by atoms with Crippen molar-refractivity contribution in [2.75, 3.05) is 17.2 Å². The van der Waals surface area contributed by atoms with Crippen molar-refractivity contribution >= 4 is 33.2 Å². The number of hydrogen-bond donors (Lipinski definition) is 1. The van der Waals surface area contributed by atoms with Crippen molar-refractivity contribution < 1.29 is 4.79 Å². The number of nitrogens with zero attached hydrogens (tertiary/aromatic N) is 1. The summed E-state index contributed by atoms with van der Waals surface area (Å²) in [5.41, 5.74) is 8.48. The summed E-state index contributed by atoms with van der Waals surface area (Å²) in [7, 11) is 0. The minimum absolute atomic E-state index is 0.133. The van der Waals surface area contributed by atoms with Gasteiger partial charge < -0.3 is 10.6 Å². The van der Waals surface area contributed by atoms with E-state index in [0.29, 0.717) is 18.7 Å². The molecule has 15 heavy (non-hydrogen) atoms. The third kappa shape index (κ3) is 2.00. The molecule has 1 fully saturated rings. The predicted molar refractivity (Wildman–Crippen MR) is 65.3 cm³/mol. The van der Waals surface area contributed by atoms with Crippen LogP contribution < -0.4 is 10.6 Å². The summed E-state index contributed by atoms with van der Waals surface area (Å²) < 4.78 is 0. The molecule has 0 spiro atoms. The smallest absolute Gasteiger partial charge is 0.228 e. The molecule has 0 bridgehead atoms. The first-order valence-electron chi connectivity index (χ1n) is 4.88. The van der Waals surface area contributed by atoms with Gasteiger partial charge in [-0.1, -0.05) is 22.0 Å². The van der Waals surface area contributed by atoms with E-state index in [0.717, 1.165) is 11.3 Å². The molecule has 1 aromatic carbocycles. The first-order chi connectivity index (χ1) is 7.08. The molecular formula is C11H13BrN2O. The summed E-state index contributed by atoms with van der Waals surface area (Å²) in [6.45, 7) is 2.70. The van der Waals surface area contributed by atoms with E-state index < -0.39 is 0 Å². The normalized spacial score (nSPS) is 21.1. The van der Waals surface area contributed by atoms with Gasteiger partial charge in [0.25, 0.3) is 0 Å². The average Bonchev–Trinajstić information content (AvgIpc) is 2.50. The van der Waals surface area contributed by atoms with Gasteiger partial charge >= 0.3 is 0 Å². The second-order valence-corrected chi connectivity index (χ2v) is 5.16. The molecule has 1 aliphatic rings. The minimum atomic E-state index is 0.133. The molecule has 1 aliphatic heterocycles. The lowest BCUT2D eigenvalue weighted by Gasteiger charge is -2.18. The van der Waals surface area contributed by atoms with Crippen LogP contribution in [0.2, 0.25) is 0 Å². The number of carbonyl (C=O) groups excluding carboxylic acids is 1. The highest BCUT2D eigenvalue weighted by molar-refractivity contribution is 9.09. The average molecular weight is 269 g/mol. The molecule has 2 rings (SSSR count). The maximum atomic E-state index is 11.7. The number of halogens is 1. The van der Waals surface area contributed by atoms with Gasteiger partial charge in [0.15, 0.2) is 0 Å². The Morgan fingerprint density at radius 1 is 1.53 bits per heavy atom. The van der Waals surface area contributed by atoms with Crippen LogP contribution in [0.1, 0.15) is 12.0 Å². The number of rotatable bonds is 1. The van der Waals surface area contributed by atoms with Crippen LogP contribution in [0.5, 0.6) is 0 Å². The van der Waals surface area contributed by atoms with E-state index in [4.69, 9.17) is 5.73 Å². The van der Waals surface area contributed by atoms with Crippen LogP contribution in [0.3, 0.4) is 0 Å². The van der Waals surface area contributed by atoms with Gasteiger partial charge in [0.2, 0.25) is 5.91 Å². The van der Waals surface area contributed by atoms with Crippen LogP contribution in [-0.2, 0) is 4.79 Å². The summed E-state index contributed by atoms with van der Waals surface area (Å²) in [5, 5.41) is 0. The van der Waals surface area contributed by atoms with Crippen LogP contribution in [0.25, 0.3) is 0 Å². The quantitative estimate of drug-likeness (QED) is 0.626. The Kier molecular flexibility index (Phi) is 2.69. The van der Waals surface area contributed by atoms with E-state index in [9.17, 15) is 4.79 Å². The molecule has 1 aromatic rings. The molecule has 0 aromatic heterocycles. The molecule has 1 saturated heterocycles. The van der Waals surface area contributed by atoms with Gasteiger partial charge in [-0.15, -0.1) is 0 Å². The Morgan fingerprint density at radius 2 is 2.27 bits per heavy atom. The number of carbonyl (C=O) groups is 1. The summed E-state index contributed by atoms with van der Waals surface area (Å²) in [6.07, 6.45) is 0.549. The summed E-state index contributed by atoms with van der Waals surface area (Å²) in [6, 6.07) is 5.75. The van der Waals surface area contributed by atoms with E-state index >= 15 is 0 Å². The van der Waals surface area contributed by atoms with Crippen LogP contribution >= 0.6 is 15.9 Å². The molecule has 1 amide bonds. The molecule has 3 nitrogen and oxygen atoms in total. The van der Waals surface area contributed by atoms with Crippen LogP contribution in [-0.4, -0.2) is 17.3 Å². The van der Waals surface area contributed by atoms with Gasteiger partial charge in [-0.3, -0.25) is 4.79 Å². The number of nitrogens with two attached hydrogens (primary N) is 1. The van der Waals surface area contributed by atoms with E-state index in [2.05, 4.69) is 15.9 Å². The van der Waals surface area contributed by atoms with Crippen molar-refractivity contribution in [2.24, 2.45) is 0 Å². The number of hydrogen-bond acceptors (Lipinski definition) is 2. The Bertz CT molecular complexity index is 406. The second-order valence-electron chi connectivity index (χ2n) is 3.87. The summed E-state index contributed by atoms with van der Waals surface area (Å²) in [5.74, 6) is 0.133. The van der Waals surface area contributed by atoms with E-state index in [1.807, 2.05) is 25.1 Å². The van der Waals surface area contributed by atoms with Crippen molar-refractivity contribution in [1.82, 2.24) is 0 Å². The highest BCUT2D eigenvalue weighted by atomic mass is 79.9. The van der Waals surface area contributed by atoms with Gasteiger partial charge in [-0.25, -0.2) is 0 Å². The monoisotopic (exact) mass is 268 g/mol. The lowest BCUT2D eigenvalue weighted by atomic mass is 10.2. The van der Waals surface area contributed by atoms with Gasteiger partial charge in [0, 0.05) is 17.8 Å². The molecule has 80 valence electrons.